The molecule has 2 nitrogen and oxygen atoms in total. The van der Waals surface area contributed by atoms with Gasteiger partial charge in [-0.05, 0) is 51.5 Å². The van der Waals surface area contributed by atoms with E-state index in [9.17, 15) is 0 Å². The Morgan fingerprint density at radius 3 is 2.62 bits per heavy atom. The monoisotopic (exact) mass is 220 g/mol. The zero-order valence-corrected chi connectivity index (χ0v) is 10.6. The lowest BCUT2D eigenvalue weighted by molar-refractivity contribution is 0.606. The van der Waals surface area contributed by atoms with Crippen LogP contribution in [0.25, 0.3) is 0 Å². The average Bonchev–Trinajstić information content (AvgIpc) is 2.28. The first-order valence-electron chi connectivity index (χ1n) is 6.30. The van der Waals surface area contributed by atoms with Crippen molar-refractivity contribution in [3.8, 4) is 0 Å². The van der Waals surface area contributed by atoms with Crippen LogP contribution < -0.4 is 10.6 Å². The van der Waals surface area contributed by atoms with E-state index in [1.54, 1.807) is 0 Å². The van der Waals surface area contributed by atoms with Gasteiger partial charge in [0, 0.05) is 0 Å². The molecule has 0 fully saturated rings. The topological polar surface area (TPSA) is 24.1 Å². The molecule has 1 rings (SSSR count). The van der Waals surface area contributed by atoms with Crippen molar-refractivity contribution in [3.05, 3.63) is 35.4 Å². The Labute approximate surface area is 99.5 Å². The second-order valence-corrected chi connectivity index (χ2v) is 4.20. The van der Waals surface area contributed by atoms with Crippen molar-refractivity contribution < 1.29 is 0 Å². The summed E-state index contributed by atoms with van der Waals surface area (Å²) in [6.45, 7) is 8.67. The summed E-state index contributed by atoms with van der Waals surface area (Å²) in [7, 11) is 0. The van der Waals surface area contributed by atoms with Crippen LogP contribution in [0.5, 0.6) is 0 Å². The first kappa shape index (κ1) is 13.2. The molecule has 16 heavy (non-hydrogen) atoms. The molecule has 1 aromatic rings. The molecule has 0 saturated carbocycles. The molecule has 0 amide bonds. The molecule has 0 unspecified atom stereocenters. The maximum atomic E-state index is 3.47. The smallest absolute Gasteiger partial charge is 0.000834 e. The van der Waals surface area contributed by atoms with Crippen LogP contribution in [-0.2, 0) is 6.42 Å². The van der Waals surface area contributed by atoms with Gasteiger partial charge in [-0.2, -0.15) is 0 Å². The third-order valence-corrected chi connectivity index (χ3v) is 2.63. The van der Waals surface area contributed by atoms with Gasteiger partial charge in [-0.15, -0.1) is 0 Å². The third-order valence-electron chi connectivity index (χ3n) is 2.63. The van der Waals surface area contributed by atoms with Crippen molar-refractivity contribution in [2.45, 2.75) is 26.7 Å². The van der Waals surface area contributed by atoms with Gasteiger partial charge in [0.1, 0.15) is 0 Å². The van der Waals surface area contributed by atoms with Gasteiger partial charge in [0.05, 0.1) is 0 Å². The predicted octanol–water partition coefficient (Wildman–Crippen LogP) is 2.13. The zero-order valence-electron chi connectivity index (χ0n) is 10.6. The fraction of sp³-hybridized carbons (Fsp3) is 0.571. The summed E-state index contributed by atoms with van der Waals surface area (Å²) in [6, 6.07) is 8.75. The van der Waals surface area contributed by atoms with Crippen molar-refractivity contribution in [3.63, 3.8) is 0 Å². The Bertz CT molecular complexity index is 284. The largest absolute Gasteiger partial charge is 0.317 e. The molecule has 0 atom stereocenters. The molecule has 0 aliphatic rings. The average molecular weight is 220 g/mol. The highest BCUT2D eigenvalue weighted by molar-refractivity contribution is 5.22. The standard InChI is InChI=1S/C14H24N2/c1-3-15-9-5-10-16-11-8-14-7-4-6-13(2)12-14/h4,6-7,12,15-16H,3,5,8-11H2,1-2H3. The van der Waals surface area contributed by atoms with Gasteiger partial charge in [0.15, 0.2) is 0 Å². The van der Waals surface area contributed by atoms with Gasteiger partial charge >= 0.3 is 0 Å². The molecule has 90 valence electrons. The van der Waals surface area contributed by atoms with E-state index in [1.807, 2.05) is 0 Å². The van der Waals surface area contributed by atoms with Crippen LogP contribution in [-0.4, -0.2) is 26.2 Å². The van der Waals surface area contributed by atoms with Gasteiger partial charge < -0.3 is 10.6 Å². The lowest BCUT2D eigenvalue weighted by Crippen LogP contribution is -2.23. The first-order valence-corrected chi connectivity index (χ1v) is 6.30. The van der Waals surface area contributed by atoms with Crippen LogP contribution >= 0.6 is 0 Å². The van der Waals surface area contributed by atoms with E-state index in [4.69, 9.17) is 0 Å². The molecular formula is C14H24N2. The Morgan fingerprint density at radius 2 is 1.88 bits per heavy atom. The van der Waals surface area contributed by atoms with E-state index < -0.39 is 0 Å². The second-order valence-electron chi connectivity index (χ2n) is 4.20. The van der Waals surface area contributed by atoms with Crippen molar-refractivity contribution in [1.29, 1.82) is 0 Å². The number of hydrogen-bond donors (Lipinski definition) is 2. The van der Waals surface area contributed by atoms with Gasteiger partial charge in [-0.25, -0.2) is 0 Å². The van der Waals surface area contributed by atoms with Crippen LogP contribution in [0.4, 0.5) is 0 Å². The summed E-state index contributed by atoms with van der Waals surface area (Å²) in [5.74, 6) is 0. The molecule has 0 bridgehead atoms. The molecule has 0 heterocycles. The van der Waals surface area contributed by atoms with E-state index >= 15 is 0 Å². The molecule has 1 aromatic carbocycles. The Morgan fingerprint density at radius 1 is 1.06 bits per heavy atom. The van der Waals surface area contributed by atoms with Crippen molar-refractivity contribution in [2.24, 2.45) is 0 Å². The van der Waals surface area contributed by atoms with E-state index in [-0.39, 0.29) is 0 Å². The Hall–Kier alpha value is -0.860. The lowest BCUT2D eigenvalue weighted by Gasteiger charge is -2.05. The van der Waals surface area contributed by atoms with Crippen molar-refractivity contribution in [1.82, 2.24) is 10.6 Å². The number of rotatable bonds is 8. The van der Waals surface area contributed by atoms with Gasteiger partial charge in [0.25, 0.3) is 0 Å². The summed E-state index contributed by atoms with van der Waals surface area (Å²) < 4.78 is 0. The summed E-state index contributed by atoms with van der Waals surface area (Å²) in [5, 5.41) is 6.80. The molecular weight excluding hydrogens is 196 g/mol. The number of nitrogens with one attached hydrogen (secondary N) is 2. The van der Waals surface area contributed by atoms with Crippen LogP contribution in [0, 0.1) is 6.92 Å². The van der Waals surface area contributed by atoms with Crippen LogP contribution in [0.3, 0.4) is 0 Å². The van der Waals surface area contributed by atoms with Crippen LogP contribution in [0.15, 0.2) is 24.3 Å². The van der Waals surface area contributed by atoms with Crippen LogP contribution in [0.1, 0.15) is 24.5 Å². The molecule has 0 aliphatic heterocycles. The summed E-state index contributed by atoms with van der Waals surface area (Å²) in [6.07, 6.45) is 2.34. The number of benzene rings is 1. The molecule has 2 heteroatoms. The van der Waals surface area contributed by atoms with Gasteiger partial charge in [0.2, 0.25) is 0 Å². The minimum absolute atomic E-state index is 1.07. The van der Waals surface area contributed by atoms with E-state index in [2.05, 4.69) is 48.7 Å². The molecule has 0 aliphatic carbocycles. The lowest BCUT2D eigenvalue weighted by atomic mass is 10.1. The number of hydrogen-bond acceptors (Lipinski definition) is 2. The quantitative estimate of drug-likeness (QED) is 0.656. The highest BCUT2D eigenvalue weighted by Gasteiger charge is 1.93. The minimum Gasteiger partial charge on any atom is -0.317 e. The van der Waals surface area contributed by atoms with E-state index in [0.29, 0.717) is 0 Å². The zero-order chi connectivity index (χ0) is 11.6. The molecule has 2 N–H and O–H groups in total. The van der Waals surface area contributed by atoms with E-state index in [1.165, 1.54) is 17.5 Å². The highest BCUT2D eigenvalue weighted by Crippen LogP contribution is 2.03. The third kappa shape index (κ3) is 5.89. The SMILES string of the molecule is CCNCCCNCCc1cccc(C)c1. The summed E-state index contributed by atoms with van der Waals surface area (Å²) in [4.78, 5) is 0. The maximum absolute atomic E-state index is 3.47. The molecule has 0 radical (unpaired) electrons. The normalized spacial score (nSPS) is 10.6. The van der Waals surface area contributed by atoms with Gasteiger partial charge in [-0.1, -0.05) is 36.8 Å². The Balaban J connectivity index is 2.03. The highest BCUT2D eigenvalue weighted by atomic mass is 14.9. The molecule has 0 saturated heterocycles. The predicted molar refractivity (Wildman–Crippen MR) is 70.9 cm³/mol. The minimum atomic E-state index is 1.07. The summed E-state index contributed by atoms with van der Waals surface area (Å²) in [5.41, 5.74) is 2.78. The van der Waals surface area contributed by atoms with Gasteiger partial charge in [-0.3, -0.25) is 0 Å². The maximum Gasteiger partial charge on any atom is -0.000834 e. The van der Waals surface area contributed by atoms with Crippen LogP contribution in [0.2, 0.25) is 0 Å². The fourth-order valence-electron chi connectivity index (χ4n) is 1.74. The van der Waals surface area contributed by atoms with Crippen molar-refractivity contribution >= 4 is 0 Å². The molecule has 0 aromatic heterocycles. The number of aryl methyl sites for hydroxylation is 1. The van der Waals surface area contributed by atoms with Crippen molar-refractivity contribution in [2.75, 3.05) is 26.2 Å². The van der Waals surface area contributed by atoms with E-state index in [0.717, 1.165) is 32.6 Å². The molecule has 0 spiro atoms. The summed E-state index contributed by atoms with van der Waals surface area (Å²) >= 11 is 0. The first-order chi connectivity index (χ1) is 7.83. The second kappa shape index (κ2) is 8.31. The Kier molecular flexibility index (Phi) is 6.86. The fourth-order valence-corrected chi connectivity index (χ4v) is 1.74.